The van der Waals surface area contributed by atoms with Crippen molar-refractivity contribution >= 4 is 0 Å². The van der Waals surface area contributed by atoms with E-state index in [1.807, 2.05) is 0 Å². The molecule has 3 nitrogen and oxygen atoms in total. The molecule has 2 aromatic carbocycles. The van der Waals surface area contributed by atoms with Gasteiger partial charge in [-0.2, -0.15) is 0 Å². The Hall–Kier alpha value is -2.16. The van der Waals surface area contributed by atoms with Crippen molar-refractivity contribution in [2.75, 3.05) is 21.3 Å². The van der Waals surface area contributed by atoms with Gasteiger partial charge < -0.3 is 14.2 Å². The van der Waals surface area contributed by atoms with Crippen molar-refractivity contribution in [1.29, 1.82) is 0 Å². The van der Waals surface area contributed by atoms with Crippen LogP contribution in [0.5, 0.6) is 17.2 Å². The van der Waals surface area contributed by atoms with Gasteiger partial charge in [-0.05, 0) is 65.2 Å². The first-order valence-electron chi connectivity index (χ1n) is 9.95. The third kappa shape index (κ3) is 2.79. The Labute approximate surface area is 162 Å². The molecule has 4 rings (SSSR count). The number of ether oxygens (including phenoxy) is 3. The van der Waals surface area contributed by atoms with E-state index in [0.717, 1.165) is 29.3 Å². The molecule has 0 aromatic heterocycles. The van der Waals surface area contributed by atoms with Gasteiger partial charge >= 0.3 is 0 Å². The third-order valence-electron chi connectivity index (χ3n) is 7.29. The van der Waals surface area contributed by atoms with Gasteiger partial charge in [0.15, 0.2) is 11.5 Å². The molecule has 0 aliphatic heterocycles. The fourth-order valence-corrected chi connectivity index (χ4v) is 5.88. The van der Waals surface area contributed by atoms with Crippen molar-refractivity contribution in [2.24, 2.45) is 23.7 Å². The van der Waals surface area contributed by atoms with E-state index >= 15 is 0 Å². The lowest BCUT2D eigenvalue weighted by molar-refractivity contribution is 0.203. The van der Waals surface area contributed by atoms with Gasteiger partial charge in [-0.25, -0.2) is 0 Å². The molecular weight excluding hydrogens is 336 g/mol. The van der Waals surface area contributed by atoms with Crippen LogP contribution < -0.4 is 14.2 Å². The lowest BCUT2D eigenvalue weighted by Gasteiger charge is -2.39. The third-order valence-corrected chi connectivity index (χ3v) is 7.29. The van der Waals surface area contributed by atoms with Gasteiger partial charge in [-0.1, -0.05) is 44.2 Å². The van der Waals surface area contributed by atoms with Crippen molar-refractivity contribution in [1.82, 2.24) is 0 Å². The van der Waals surface area contributed by atoms with Crippen LogP contribution in [0.4, 0.5) is 0 Å². The van der Waals surface area contributed by atoms with Crippen LogP contribution in [0.1, 0.15) is 43.2 Å². The van der Waals surface area contributed by atoms with E-state index < -0.39 is 0 Å². The van der Waals surface area contributed by atoms with Gasteiger partial charge in [0.25, 0.3) is 0 Å². The van der Waals surface area contributed by atoms with Crippen molar-refractivity contribution in [3.05, 3.63) is 53.6 Å². The summed E-state index contributed by atoms with van der Waals surface area (Å²) < 4.78 is 16.8. The van der Waals surface area contributed by atoms with Crippen LogP contribution in [-0.4, -0.2) is 21.3 Å². The molecule has 6 unspecified atom stereocenters. The highest BCUT2D eigenvalue weighted by molar-refractivity contribution is 5.55. The molecule has 144 valence electrons. The summed E-state index contributed by atoms with van der Waals surface area (Å²) in [5, 5.41) is 0. The number of rotatable bonds is 5. The van der Waals surface area contributed by atoms with Gasteiger partial charge in [-0.15, -0.1) is 0 Å². The smallest absolute Gasteiger partial charge is 0.203 e. The number of hydrogen-bond acceptors (Lipinski definition) is 3. The molecular formula is C24H30O3. The Morgan fingerprint density at radius 3 is 1.70 bits per heavy atom. The topological polar surface area (TPSA) is 27.7 Å². The SMILES string of the molecule is COc1cc(C2C3CC(C(C)C3C)C2c2ccccc2)cc(OC)c1OC. The van der Waals surface area contributed by atoms with E-state index in [9.17, 15) is 0 Å². The first kappa shape index (κ1) is 18.2. The minimum atomic E-state index is 0.484. The molecule has 2 aliphatic rings. The van der Waals surface area contributed by atoms with Crippen LogP contribution in [0.25, 0.3) is 0 Å². The minimum absolute atomic E-state index is 0.484. The molecule has 0 radical (unpaired) electrons. The van der Waals surface area contributed by atoms with Crippen molar-refractivity contribution < 1.29 is 14.2 Å². The van der Waals surface area contributed by atoms with E-state index in [0.29, 0.717) is 23.5 Å². The number of fused-ring (bicyclic) bond motifs is 2. The molecule has 0 saturated heterocycles. The van der Waals surface area contributed by atoms with Gasteiger partial charge in [0, 0.05) is 0 Å². The fraction of sp³-hybridized carbons (Fsp3) is 0.500. The highest BCUT2D eigenvalue weighted by atomic mass is 16.5. The van der Waals surface area contributed by atoms with Gasteiger partial charge in [0.1, 0.15) is 0 Å². The molecule has 2 fully saturated rings. The van der Waals surface area contributed by atoms with Crippen LogP contribution in [0.3, 0.4) is 0 Å². The normalized spacial score (nSPS) is 31.7. The van der Waals surface area contributed by atoms with Gasteiger partial charge in [0.2, 0.25) is 5.75 Å². The second-order valence-corrected chi connectivity index (χ2v) is 8.20. The molecule has 2 saturated carbocycles. The maximum Gasteiger partial charge on any atom is 0.203 e. The molecule has 2 aliphatic carbocycles. The Bertz CT molecular complexity index is 776. The van der Waals surface area contributed by atoms with E-state index in [2.05, 4.69) is 56.3 Å². The van der Waals surface area contributed by atoms with Crippen LogP contribution >= 0.6 is 0 Å². The molecule has 0 heterocycles. The highest BCUT2D eigenvalue weighted by Gasteiger charge is 2.55. The maximum absolute atomic E-state index is 5.64. The van der Waals surface area contributed by atoms with E-state index in [1.54, 1.807) is 21.3 Å². The van der Waals surface area contributed by atoms with Crippen LogP contribution in [0.15, 0.2) is 42.5 Å². The summed E-state index contributed by atoms with van der Waals surface area (Å²) in [5.41, 5.74) is 2.77. The Morgan fingerprint density at radius 1 is 0.704 bits per heavy atom. The lowest BCUT2D eigenvalue weighted by atomic mass is 9.65. The highest BCUT2D eigenvalue weighted by Crippen LogP contribution is 2.65. The molecule has 0 N–H and O–H groups in total. The number of benzene rings is 2. The predicted molar refractivity (Wildman–Crippen MR) is 108 cm³/mol. The average Bonchev–Trinajstić information content (AvgIpc) is 3.24. The molecule has 27 heavy (non-hydrogen) atoms. The molecule has 2 bridgehead atoms. The standard InChI is InChI=1S/C24H30O3/c1-14-15(2)19-13-18(14)22(16-9-7-6-8-10-16)23(19)17-11-20(25-3)24(27-5)21(12-17)26-4/h6-12,14-15,18-19,22-23H,13H2,1-5H3. The summed E-state index contributed by atoms with van der Waals surface area (Å²) in [6, 6.07) is 15.4. The Balaban J connectivity index is 1.83. The first-order chi connectivity index (χ1) is 13.1. The lowest BCUT2D eigenvalue weighted by Crippen LogP contribution is -2.30. The van der Waals surface area contributed by atoms with E-state index in [1.165, 1.54) is 17.5 Å². The summed E-state index contributed by atoms with van der Waals surface area (Å²) in [5.74, 6) is 6.13. The van der Waals surface area contributed by atoms with Crippen LogP contribution in [0.2, 0.25) is 0 Å². The maximum atomic E-state index is 5.64. The quantitative estimate of drug-likeness (QED) is 0.699. The van der Waals surface area contributed by atoms with E-state index in [4.69, 9.17) is 14.2 Å². The largest absolute Gasteiger partial charge is 0.493 e. The Morgan fingerprint density at radius 2 is 1.22 bits per heavy atom. The summed E-state index contributed by atoms with van der Waals surface area (Å²) in [7, 11) is 5.05. The summed E-state index contributed by atoms with van der Waals surface area (Å²) in [6.07, 6.45) is 1.31. The second kappa shape index (κ2) is 7.10. The van der Waals surface area contributed by atoms with Crippen LogP contribution in [0, 0.1) is 23.7 Å². The summed E-state index contributed by atoms with van der Waals surface area (Å²) >= 11 is 0. The summed E-state index contributed by atoms with van der Waals surface area (Å²) in [6.45, 7) is 4.87. The molecule has 0 spiro atoms. The molecule has 2 aromatic rings. The molecule has 6 atom stereocenters. The predicted octanol–water partition coefficient (Wildman–Crippen LogP) is 5.50. The average molecular weight is 367 g/mol. The zero-order valence-corrected chi connectivity index (χ0v) is 16.9. The zero-order chi connectivity index (χ0) is 19.1. The van der Waals surface area contributed by atoms with Crippen molar-refractivity contribution in [3.8, 4) is 17.2 Å². The number of hydrogen-bond donors (Lipinski definition) is 0. The van der Waals surface area contributed by atoms with Gasteiger partial charge in [-0.3, -0.25) is 0 Å². The minimum Gasteiger partial charge on any atom is -0.493 e. The van der Waals surface area contributed by atoms with Gasteiger partial charge in [0.05, 0.1) is 21.3 Å². The molecule has 3 heteroatoms. The van der Waals surface area contributed by atoms with E-state index in [-0.39, 0.29) is 0 Å². The van der Waals surface area contributed by atoms with Crippen molar-refractivity contribution in [2.45, 2.75) is 32.1 Å². The molecule has 0 amide bonds. The summed E-state index contributed by atoms with van der Waals surface area (Å²) in [4.78, 5) is 0. The Kier molecular flexibility index (Phi) is 4.79. The van der Waals surface area contributed by atoms with Crippen molar-refractivity contribution in [3.63, 3.8) is 0 Å². The first-order valence-corrected chi connectivity index (χ1v) is 9.95. The number of methoxy groups -OCH3 is 3. The second-order valence-electron chi connectivity index (χ2n) is 8.20. The fourth-order valence-electron chi connectivity index (χ4n) is 5.88. The monoisotopic (exact) mass is 366 g/mol. The van der Waals surface area contributed by atoms with Crippen LogP contribution in [-0.2, 0) is 0 Å². The zero-order valence-electron chi connectivity index (χ0n) is 16.9.